The van der Waals surface area contributed by atoms with Crippen LogP contribution >= 0.6 is 0 Å². The number of ether oxygens (including phenoxy) is 1. The van der Waals surface area contributed by atoms with Gasteiger partial charge in [0.2, 0.25) is 0 Å². The van der Waals surface area contributed by atoms with E-state index in [-0.39, 0.29) is 6.10 Å². The fourth-order valence-corrected chi connectivity index (χ4v) is 2.76. The van der Waals surface area contributed by atoms with Gasteiger partial charge in [0.05, 0.1) is 11.7 Å². The number of fused-ring (bicyclic) bond motifs is 1. The molecule has 3 rings (SSSR count). The molecule has 2 aromatic rings. The standard InChI is InChI=1S/C16H18O2/c1-2-18-15-10-16(17,11-15)14-8-7-12-5-3-4-6-13(12)9-14/h3-9,15,17H,2,10-11H2,1H3. The second kappa shape index (κ2) is 4.38. The fourth-order valence-electron chi connectivity index (χ4n) is 2.76. The van der Waals surface area contributed by atoms with Crippen molar-refractivity contribution in [3.63, 3.8) is 0 Å². The third-order valence-electron chi connectivity index (χ3n) is 3.82. The molecule has 94 valence electrons. The molecular formula is C16H18O2. The molecule has 1 N–H and O–H groups in total. The molecule has 1 aliphatic carbocycles. The van der Waals surface area contributed by atoms with E-state index in [2.05, 4.69) is 24.3 Å². The fraction of sp³-hybridized carbons (Fsp3) is 0.375. The first-order valence-corrected chi connectivity index (χ1v) is 6.54. The molecule has 0 aliphatic heterocycles. The van der Waals surface area contributed by atoms with Crippen molar-refractivity contribution in [2.24, 2.45) is 0 Å². The van der Waals surface area contributed by atoms with Crippen LogP contribution in [0.5, 0.6) is 0 Å². The Kier molecular flexibility index (Phi) is 2.84. The maximum absolute atomic E-state index is 10.6. The lowest BCUT2D eigenvalue weighted by Gasteiger charge is -2.43. The molecule has 0 saturated heterocycles. The Balaban J connectivity index is 1.87. The van der Waals surface area contributed by atoms with E-state index in [1.54, 1.807) is 0 Å². The average Bonchev–Trinajstić information content (AvgIpc) is 2.36. The van der Waals surface area contributed by atoms with Crippen molar-refractivity contribution in [3.8, 4) is 0 Å². The van der Waals surface area contributed by atoms with Crippen molar-refractivity contribution in [2.45, 2.75) is 31.5 Å². The van der Waals surface area contributed by atoms with Gasteiger partial charge in [-0.05, 0) is 29.3 Å². The van der Waals surface area contributed by atoms with Crippen LogP contribution < -0.4 is 0 Å². The number of hydrogen-bond acceptors (Lipinski definition) is 2. The molecule has 18 heavy (non-hydrogen) atoms. The summed E-state index contributed by atoms with van der Waals surface area (Å²) in [6.45, 7) is 2.71. The maximum atomic E-state index is 10.6. The number of rotatable bonds is 3. The van der Waals surface area contributed by atoms with Crippen LogP contribution in [-0.2, 0) is 10.3 Å². The van der Waals surface area contributed by atoms with Crippen molar-refractivity contribution in [3.05, 3.63) is 48.0 Å². The molecule has 0 unspecified atom stereocenters. The van der Waals surface area contributed by atoms with Crippen molar-refractivity contribution in [2.75, 3.05) is 6.61 Å². The highest BCUT2D eigenvalue weighted by molar-refractivity contribution is 5.83. The zero-order valence-electron chi connectivity index (χ0n) is 10.6. The first kappa shape index (κ1) is 11.7. The summed E-state index contributed by atoms with van der Waals surface area (Å²) in [6.07, 6.45) is 1.63. The molecule has 1 saturated carbocycles. The van der Waals surface area contributed by atoms with Crippen molar-refractivity contribution in [1.82, 2.24) is 0 Å². The van der Waals surface area contributed by atoms with Gasteiger partial charge < -0.3 is 9.84 Å². The first-order valence-electron chi connectivity index (χ1n) is 6.54. The zero-order chi connectivity index (χ0) is 12.6. The summed E-state index contributed by atoms with van der Waals surface area (Å²) in [4.78, 5) is 0. The van der Waals surface area contributed by atoms with Gasteiger partial charge in [0, 0.05) is 19.4 Å². The topological polar surface area (TPSA) is 29.5 Å². The number of aliphatic hydroxyl groups is 1. The minimum absolute atomic E-state index is 0.214. The lowest BCUT2D eigenvalue weighted by atomic mass is 9.72. The SMILES string of the molecule is CCOC1CC(O)(c2ccc3ccccc3c2)C1. The van der Waals surface area contributed by atoms with Gasteiger partial charge in [0.15, 0.2) is 0 Å². The Labute approximate surface area is 107 Å². The molecule has 0 atom stereocenters. The Morgan fingerprint density at radius 3 is 2.61 bits per heavy atom. The van der Waals surface area contributed by atoms with Crippen molar-refractivity contribution >= 4 is 10.8 Å². The first-order chi connectivity index (χ1) is 8.71. The summed E-state index contributed by atoms with van der Waals surface area (Å²) >= 11 is 0. The minimum atomic E-state index is -0.691. The summed E-state index contributed by atoms with van der Waals surface area (Å²) in [5.74, 6) is 0. The lowest BCUT2D eigenvalue weighted by molar-refractivity contribution is -0.142. The van der Waals surface area contributed by atoms with Gasteiger partial charge in [-0.2, -0.15) is 0 Å². The number of benzene rings is 2. The summed E-state index contributed by atoms with van der Waals surface area (Å²) in [5.41, 5.74) is 0.321. The van der Waals surface area contributed by atoms with Gasteiger partial charge in [0.25, 0.3) is 0 Å². The highest BCUT2D eigenvalue weighted by atomic mass is 16.5. The Bertz CT molecular complexity index is 556. The predicted molar refractivity (Wildman–Crippen MR) is 72.5 cm³/mol. The van der Waals surface area contributed by atoms with Gasteiger partial charge in [0.1, 0.15) is 0 Å². The number of hydrogen-bond donors (Lipinski definition) is 1. The van der Waals surface area contributed by atoms with Crippen molar-refractivity contribution < 1.29 is 9.84 Å². The van der Waals surface area contributed by atoms with Crippen LogP contribution in [0, 0.1) is 0 Å². The maximum Gasteiger partial charge on any atom is 0.0946 e. The van der Waals surface area contributed by atoms with Crippen LogP contribution in [0.4, 0.5) is 0 Å². The molecule has 0 bridgehead atoms. The van der Waals surface area contributed by atoms with E-state index < -0.39 is 5.60 Å². The summed E-state index contributed by atoms with van der Waals surface area (Å²) in [6, 6.07) is 14.4. The van der Waals surface area contributed by atoms with E-state index in [4.69, 9.17) is 4.74 Å². The molecule has 2 aromatic carbocycles. The summed E-state index contributed by atoms with van der Waals surface area (Å²) < 4.78 is 5.52. The molecule has 1 aliphatic rings. The third kappa shape index (κ3) is 1.92. The van der Waals surface area contributed by atoms with E-state index >= 15 is 0 Å². The highest BCUT2D eigenvalue weighted by Crippen LogP contribution is 2.43. The molecule has 0 spiro atoms. The average molecular weight is 242 g/mol. The second-order valence-corrected chi connectivity index (χ2v) is 5.08. The Morgan fingerprint density at radius 2 is 1.89 bits per heavy atom. The van der Waals surface area contributed by atoms with Crippen LogP contribution in [0.25, 0.3) is 10.8 Å². The quantitative estimate of drug-likeness (QED) is 0.895. The molecule has 2 nitrogen and oxygen atoms in total. The van der Waals surface area contributed by atoms with E-state index in [1.165, 1.54) is 10.8 Å². The second-order valence-electron chi connectivity index (χ2n) is 5.08. The zero-order valence-corrected chi connectivity index (χ0v) is 10.6. The van der Waals surface area contributed by atoms with Gasteiger partial charge in [-0.1, -0.05) is 36.4 Å². The minimum Gasteiger partial charge on any atom is -0.385 e. The Morgan fingerprint density at radius 1 is 1.17 bits per heavy atom. The molecule has 0 aromatic heterocycles. The van der Waals surface area contributed by atoms with Crippen LogP contribution in [0.2, 0.25) is 0 Å². The molecule has 1 fully saturated rings. The van der Waals surface area contributed by atoms with E-state index in [0.717, 1.165) is 12.2 Å². The van der Waals surface area contributed by atoms with Gasteiger partial charge >= 0.3 is 0 Å². The van der Waals surface area contributed by atoms with E-state index in [9.17, 15) is 5.11 Å². The molecule has 0 amide bonds. The smallest absolute Gasteiger partial charge is 0.0946 e. The monoisotopic (exact) mass is 242 g/mol. The van der Waals surface area contributed by atoms with E-state index in [1.807, 2.05) is 25.1 Å². The molecular weight excluding hydrogens is 224 g/mol. The van der Waals surface area contributed by atoms with Crippen LogP contribution in [0.1, 0.15) is 25.3 Å². The highest BCUT2D eigenvalue weighted by Gasteiger charge is 2.44. The van der Waals surface area contributed by atoms with E-state index in [0.29, 0.717) is 12.8 Å². The lowest BCUT2D eigenvalue weighted by Crippen LogP contribution is -2.45. The Hall–Kier alpha value is -1.38. The van der Waals surface area contributed by atoms with Crippen LogP contribution in [0.15, 0.2) is 42.5 Å². The summed E-state index contributed by atoms with van der Waals surface area (Å²) in [5, 5.41) is 13.0. The van der Waals surface area contributed by atoms with Crippen molar-refractivity contribution in [1.29, 1.82) is 0 Å². The predicted octanol–water partition coefficient (Wildman–Crippen LogP) is 3.23. The molecule has 2 heteroatoms. The van der Waals surface area contributed by atoms with Gasteiger partial charge in [-0.25, -0.2) is 0 Å². The van der Waals surface area contributed by atoms with Crippen LogP contribution in [-0.4, -0.2) is 17.8 Å². The largest absolute Gasteiger partial charge is 0.385 e. The van der Waals surface area contributed by atoms with Gasteiger partial charge in [-0.15, -0.1) is 0 Å². The normalized spacial score (nSPS) is 27.1. The van der Waals surface area contributed by atoms with Gasteiger partial charge in [-0.3, -0.25) is 0 Å². The molecule has 0 radical (unpaired) electrons. The molecule has 0 heterocycles. The third-order valence-corrected chi connectivity index (χ3v) is 3.82. The summed E-state index contributed by atoms with van der Waals surface area (Å²) in [7, 11) is 0. The van der Waals surface area contributed by atoms with Crippen LogP contribution in [0.3, 0.4) is 0 Å².